The molecule has 2 aromatic rings. The van der Waals surface area contributed by atoms with E-state index in [-0.39, 0.29) is 17.0 Å². The Balaban J connectivity index is 1.53. The molecule has 10 heteroatoms. The number of Topliss-reactive ketones (excluding diaryl/α,β-unsaturated/α-hetero) is 1. The molecule has 1 aliphatic heterocycles. The Hall–Kier alpha value is -1.20. The van der Waals surface area contributed by atoms with E-state index in [0.29, 0.717) is 37.2 Å². The number of thiophene rings is 2. The molecule has 0 N–H and O–H groups in total. The van der Waals surface area contributed by atoms with E-state index in [2.05, 4.69) is 15.9 Å². The summed E-state index contributed by atoms with van der Waals surface area (Å²) in [6.07, 6.45) is 1.50. The molecule has 0 spiro atoms. The molecule has 1 aliphatic rings. The van der Waals surface area contributed by atoms with E-state index < -0.39 is 0 Å². The van der Waals surface area contributed by atoms with Gasteiger partial charge in [-0.25, -0.2) is 9.80 Å². The zero-order valence-electron chi connectivity index (χ0n) is 15.9. The van der Waals surface area contributed by atoms with Crippen LogP contribution in [0.15, 0.2) is 28.1 Å². The van der Waals surface area contributed by atoms with Gasteiger partial charge in [0.25, 0.3) is 5.24 Å². The summed E-state index contributed by atoms with van der Waals surface area (Å²) in [5.41, 5.74) is 0. The number of methoxy groups -OCH3 is 1. The zero-order valence-corrected chi connectivity index (χ0v) is 19.9. The van der Waals surface area contributed by atoms with Gasteiger partial charge >= 0.3 is 5.97 Å². The van der Waals surface area contributed by atoms with E-state index in [1.54, 1.807) is 22.4 Å². The van der Waals surface area contributed by atoms with Crippen molar-refractivity contribution in [1.82, 2.24) is 10.0 Å². The Kier molecular flexibility index (Phi) is 8.31. The van der Waals surface area contributed by atoms with Crippen LogP contribution in [0.1, 0.15) is 25.8 Å². The molecule has 0 aromatic carbocycles. The van der Waals surface area contributed by atoms with Gasteiger partial charge in [-0.1, -0.05) is 11.8 Å². The first-order valence-corrected chi connectivity index (χ1v) is 12.5. The Morgan fingerprint density at radius 2 is 2.07 bits per heavy atom. The molecule has 0 radical (unpaired) electrons. The summed E-state index contributed by atoms with van der Waals surface area (Å²) in [4.78, 5) is 39.0. The maximum Gasteiger partial charge on any atom is 0.348 e. The van der Waals surface area contributed by atoms with Crippen molar-refractivity contribution >= 4 is 67.4 Å². The van der Waals surface area contributed by atoms with Crippen LogP contribution in [0.25, 0.3) is 0 Å². The van der Waals surface area contributed by atoms with Crippen molar-refractivity contribution in [2.75, 3.05) is 32.5 Å². The van der Waals surface area contributed by atoms with E-state index in [4.69, 9.17) is 4.74 Å². The number of thioether (sulfide) groups is 1. The van der Waals surface area contributed by atoms with Gasteiger partial charge in [0.15, 0.2) is 0 Å². The molecular weight excluding hydrogens is 496 g/mol. The predicted octanol–water partition coefficient (Wildman–Crippen LogP) is 4.49. The maximum atomic E-state index is 12.4. The van der Waals surface area contributed by atoms with Crippen LogP contribution in [-0.4, -0.2) is 59.5 Å². The highest BCUT2D eigenvalue weighted by Crippen LogP contribution is 2.23. The number of rotatable bonds is 9. The number of hydrogen-bond donors (Lipinski definition) is 0. The zero-order chi connectivity index (χ0) is 20.8. The van der Waals surface area contributed by atoms with E-state index in [1.807, 2.05) is 22.5 Å². The minimum absolute atomic E-state index is 0.00985. The van der Waals surface area contributed by atoms with Crippen molar-refractivity contribution in [1.29, 1.82) is 0 Å². The van der Waals surface area contributed by atoms with Crippen molar-refractivity contribution in [3.8, 4) is 0 Å². The van der Waals surface area contributed by atoms with Gasteiger partial charge < -0.3 is 4.74 Å². The topological polar surface area (TPSA) is 66.9 Å². The first kappa shape index (κ1) is 22.5. The summed E-state index contributed by atoms with van der Waals surface area (Å²) in [6.45, 7) is 1.81. The van der Waals surface area contributed by atoms with E-state index in [1.165, 1.54) is 30.2 Å². The van der Waals surface area contributed by atoms with Crippen LogP contribution in [0.3, 0.4) is 0 Å². The molecule has 29 heavy (non-hydrogen) atoms. The number of ether oxygens (including phenoxy) is 1. The second-order valence-corrected chi connectivity index (χ2v) is 10.5. The van der Waals surface area contributed by atoms with Crippen LogP contribution in [0, 0.1) is 0 Å². The average Bonchev–Trinajstić information content (AvgIpc) is 3.34. The molecular formula is C19H21BrN2O4S3. The molecule has 1 saturated heterocycles. The van der Waals surface area contributed by atoms with Crippen LogP contribution in [0.4, 0.5) is 4.79 Å². The van der Waals surface area contributed by atoms with Crippen LogP contribution in [-0.2, 0) is 22.4 Å². The summed E-state index contributed by atoms with van der Waals surface area (Å²) in [7, 11) is 1.36. The predicted molar refractivity (Wildman–Crippen MR) is 121 cm³/mol. The third kappa shape index (κ3) is 6.39. The van der Waals surface area contributed by atoms with Crippen molar-refractivity contribution in [2.24, 2.45) is 0 Å². The molecule has 1 amide bonds. The molecule has 6 nitrogen and oxygen atoms in total. The van der Waals surface area contributed by atoms with Crippen molar-refractivity contribution in [2.45, 2.75) is 19.3 Å². The molecule has 1 fully saturated rings. The molecule has 0 saturated carbocycles. The normalized spacial score (nSPS) is 15.0. The van der Waals surface area contributed by atoms with Crippen molar-refractivity contribution < 1.29 is 19.1 Å². The number of esters is 1. The lowest BCUT2D eigenvalue weighted by Crippen LogP contribution is -2.50. The van der Waals surface area contributed by atoms with E-state index in [9.17, 15) is 14.4 Å². The number of nitrogens with zero attached hydrogens (tertiary/aromatic N) is 2. The number of halogens is 1. The van der Waals surface area contributed by atoms with Crippen molar-refractivity contribution in [3.63, 3.8) is 0 Å². The average molecular weight is 517 g/mol. The highest BCUT2D eigenvalue weighted by molar-refractivity contribution is 9.10. The second kappa shape index (κ2) is 10.7. The quantitative estimate of drug-likeness (QED) is 0.457. The third-order valence-electron chi connectivity index (χ3n) is 4.39. The van der Waals surface area contributed by atoms with Crippen molar-refractivity contribution in [3.05, 3.63) is 42.7 Å². The molecule has 3 rings (SSSR count). The summed E-state index contributed by atoms with van der Waals surface area (Å²) in [6, 6.07) is 5.61. The smallest absolute Gasteiger partial charge is 0.348 e. The van der Waals surface area contributed by atoms with Gasteiger partial charge in [0, 0.05) is 64.3 Å². The van der Waals surface area contributed by atoms with Gasteiger partial charge in [0.2, 0.25) is 0 Å². The monoisotopic (exact) mass is 516 g/mol. The largest absolute Gasteiger partial charge is 0.465 e. The lowest BCUT2D eigenvalue weighted by atomic mass is 10.2. The number of carbonyl (C=O) groups is 3. The first-order chi connectivity index (χ1) is 14.0. The van der Waals surface area contributed by atoms with Crippen LogP contribution >= 0.6 is 50.4 Å². The highest BCUT2D eigenvalue weighted by Gasteiger charge is 2.27. The molecule has 2 aromatic heterocycles. The Bertz CT molecular complexity index is 882. The lowest BCUT2D eigenvalue weighted by Gasteiger charge is -2.37. The summed E-state index contributed by atoms with van der Waals surface area (Å²) >= 11 is 7.67. The molecule has 156 valence electrons. The fraction of sp³-hybridized carbons (Fsp3) is 0.421. The SMILES string of the molecule is COC(=O)c1ccc(CCN2C(=O)SCCN2CCC(=O)Cc2cc(Br)cs2)s1. The van der Waals surface area contributed by atoms with E-state index in [0.717, 1.165) is 26.5 Å². The van der Waals surface area contributed by atoms with Crippen LogP contribution in [0.5, 0.6) is 0 Å². The molecule has 3 heterocycles. The number of carbonyl (C=O) groups excluding carboxylic acids is 3. The fourth-order valence-electron chi connectivity index (χ4n) is 2.94. The van der Waals surface area contributed by atoms with Gasteiger partial charge in [-0.05, 0) is 34.1 Å². The summed E-state index contributed by atoms with van der Waals surface area (Å²) < 4.78 is 5.74. The molecule has 0 aliphatic carbocycles. The Morgan fingerprint density at radius 3 is 2.79 bits per heavy atom. The molecule has 0 bridgehead atoms. The van der Waals surface area contributed by atoms with Gasteiger partial charge in [-0.3, -0.25) is 14.6 Å². The van der Waals surface area contributed by atoms with E-state index >= 15 is 0 Å². The van der Waals surface area contributed by atoms with Gasteiger partial charge in [-0.2, -0.15) is 0 Å². The number of hydrazine groups is 1. The fourth-order valence-corrected chi connectivity index (χ4v) is 6.16. The third-order valence-corrected chi connectivity index (χ3v) is 8.05. The maximum absolute atomic E-state index is 12.4. The minimum atomic E-state index is -0.344. The van der Waals surface area contributed by atoms with Gasteiger partial charge in [0.1, 0.15) is 10.7 Å². The highest BCUT2D eigenvalue weighted by atomic mass is 79.9. The number of ketones is 1. The second-order valence-electron chi connectivity index (χ2n) is 6.40. The van der Waals surface area contributed by atoms with Gasteiger partial charge in [-0.15, -0.1) is 22.7 Å². The number of hydrogen-bond acceptors (Lipinski definition) is 8. The van der Waals surface area contributed by atoms with Crippen LogP contribution in [0.2, 0.25) is 0 Å². The minimum Gasteiger partial charge on any atom is -0.465 e. The van der Waals surface area contributed by atoms with Crippen LogP contribution < -0.4 is 0 Å². The standard InChI is InChI=1S/C19H21BrN2O4S3/c1-26-18(24)17-3-2-15(29-17)5-7-22-19(25)27-9-8-21(22)6-4-14(23)11-16-10-13(20)12-28-16/h2-3,10,12H,4-9,11H2,1H3. The Morgan fingerprint density at radius 1 is 1.24 bits per heavy atom. The molecule has 0 atom stereocenters. The Labute approximate surface area is 190 Å². The summed E-state index contributed by atoms with van der Waals surface area (Å²) in [5, 5.41) is 5.70. The first-order valence-electron chi connectivity index (χ1n) is 9.07. The van der Waals surface area contributed by atoms with Gasteiger partial charge in [0.05, 0.1) is 7.11 Å². The summed E-state index contributed by atoms with van der Waals surface area (Å²) in [5.74, 6) is 0.557. The number of amides is 1. The molecule has 0 unspecified atom stereocenters. The lowest BCUT2D eigenvalue weighted by molar-refractivity contribution is -0.119.